The summed E-state index contributed by atoms with van der Waals surface area (Å²) < 4.78 is 8.95. The fraction of sp³-hybridized carbons (Fsp3) is 0.100. The molecule has 0 bridgehead atoms. The van der Waals surface area contributed by atoms with Gasteiger partial charge in [-0.25, -0.2) is 0 Å². The first kappa shape index (κ1) is 19.5. The van der Waals surface area contributed by atoms with E-state index in [9.17, 15) is 0 Å². The molecular weight excluding hydrogens is 407 g/mol. The van der Waals surface area contributed by atoms with E-state index in [2.05, 4.69) is 10.2 Å². The smallest absolute Gasteiger partial charge is 0.268 e. The van der Waals surface area contributed by atoms with Gasteiger partial charge in [0, 0.05) is 5.57 Å². The van der Waals surface area contributed by atoms with Crippen LogP contribution in [-0.2, 0) is 3.79 Å². The van der Waals surface area contributed by atoms with Gasteiger partial charge in [-0.05, 0) is 29.3 Å². The van der Waals surface area contributed by atoms with E-state index in [0.29, 0.717) is 5.57 Å². The average molecular weight is 422 g/mol. The number of rotatable bonds is 5. The molecule has 0 atom stereocenters. The fourth-order valence-electron chi connectivity index (χ4n) is 2.33. The van der Waals surface area contributed by atoms with Gasteiger partial charge >= 0.3 is 0 Å². The molecule has 2 aromatic carbocycles. The molecule has 0 unspecified atom stereocenters. The summed E-state index contributed by atoms with van der Waals surface area (Å²) in [7, 11) is 1.63. The van der Waals surface area contributed by atoms with Crippen LogP contribution in [0.4, 0.5) is 0 Å². The van der Waals surface area contributed by atoms with Crippen molar-refractivity contribution in [2.75, 3.05) is 7.11 Å². The molecule has 4 nitrogen and oxygen atoms in total. The number of nitrogens with zero attached hydrogens (tertiary/aromatic N) is 2. The standard InChI is InChI=1S/C20H15Cl3N2O2/c1-26-16-12-10-14(11-13-16)6-5-9-17(15-7-3-2-4-8-15)18-24-25-19(27-18)20(21,22)23/h2-13H,1H3/b6-5+,17-9-. The summed E-state index contributed by atoms with van der Waals surface area (Å²) in [5.41, 5.74) is 2.64. The zero-order valence-corrected chi connectivity index (χ0v) is 16.5. The Balaban J connectivity index is 1.93. The minimum absolute atomic E-state index is 0.0801. The summed E-state index contributed by atoms with van der Waals surface area (Å²) in [6.45, 7) is 0. The monoisotopic (exact) mass is 420 g/mol. The van der Waals surface area contributed by atoms with Gasteiger partial charge in [-0.1, -0.05) is 89.4 Å². The first-order valence-corrected chi connectivity index (χ1v) is 9.09. The van der Waals surface area contributed by atoms with E-state index in [-0.39, 0.29) is 11.8 Å². The van der Waals surface area contributed by atoms with Crippen LogP contribution in [0.15, 0.2) is 71.2 Å². The quantitative estimate of drug-likeness (QED) is 0.372. The van der Waals surface area contributed by atoms with Crippen molar-refractivity contribution in [3.63, 3.8) is 0 Å². The molecule has 0 aliphatic carbocycles. The second-order valence-corrected chi connectivity index (χ2v) is 7.77. The number of methoxy groups -OCH3 is 1. The Morgan fingerprint density at radius 2 is 1.70 bits per heavy atom. The van der Waals surface area contributed by atoms with Gasteiger partial charge in [-0.3, -0.25) is 0 Å². The molecule has 27 heavy (non-hydrogen) atoms. The molecular formula is C20H15Cl3N2O2. The lowest BCUT2D eigenvalue weighted by Crippen LogP contribution is -1.99. The van der Waals surface area contributed by atoms with Crippen LogP contribution in [0.1, 0.15) is 22.9 Å². The van der Waals surface area contributed by atoms with Crippen molar-refractivity contribution in [3.05, 3.63) is 89.7 Å². The molecule has 3 rings (SSSR count). The van der Waals surface area contributed by atoms with Gasteiger partial charge in [0.1, 0.15) is 5.75 Å². The Kier molecular flexibility index (Phi) is 6.22. The van der Waals surface area contributed by atoms with Crippen molar-refractivity contribution in [1.29, 1.82) is 0 Å². The van der Waals surface area contributed by atoms with Crippen LogP contribution < -0.4 is 4.74 Å². The maximum atomic E-state index is 5.82. The number of benzene rings is 2. The highest BCUT2D eigenvalue weighted by Gasteiger charge is 2.30. The van der Waals surface area contributed by atoms with Crippen molar-refractivity contribution in [2.45, 2.75) is 3.79 Å². The van der Waals surface area contributed by atoms with Gasteiger partial charge in [0.25, 0.3) is 9.68 Å². The van der Waals surface area contributed by atoms with E-state index in [0.717, 1.165) is 16.9 Å². The Hall–Kier alpha value is -2.27. The molecule has 0 aliphatic heterocycles. The average Bonchev–Trinajstić information content (AvgIpc) is 3.17. The van der Waals surface area contributed by atoms with E-state index in [1.54, 1.807) is 7.11 Å². The number of allylic oxidation sites excluding steroid dienone is 2. The summed E-state index contributed by atoms with van der Waals surface area (Å²) in [5, 5.41) is 7.85. The minimum atomic E-state index is -1.77. The molecule has 0 amide bonds. The largest absolute Gasteiger partial charge is 0.497 e. The summed E-state index contributed by atoms with van der Waals surface area (Å²) in [5.74, 6) is 0.989. The van der Waals surface area contributed by atoms with Crippen molar-refractivity contribution in [2.24, 2.45) is 0 Å². The molecule has 138 valence electrons. The zero-order chi connectivity index (χ0) is 19.3. The Labute approximate surface area is 172 Å². The van der Waals surface area contributed by atoms with Crippen LogP contribution in [0.5, 0.6) is 5.75 Å². The third-order valence-corrected chi connectivity index (χ3v) is 4.14. The van der Waals surface area contributed by atoms with Crippen LogP contribution in [0.3, 0.4) is 0 Å². The van der Waals surface area contributed by atoms with Gasteiger partial charge in [-0.2, -0.15) is 0 Å². The fourth-order valence-corrected chi connectivity index (χ4v) is 2.55. The molecule has 0 spiro atoms. The summed E-state index contributed by atoms with van der Waals surface area (Å²) >= 11 is 17.5. The van der Waals surface area contributed by atoms with Crippen LogP contribution >= 0.6 is 34.8 Å². The molecule has 0 saturated heterocycles. The lowest BCUT2D eigenvalue weighted by Gasteiger charge is -2.04. The van der Waals surface area contributed by atoms with Crippen LogP contribution in [-0.4, -0.2) is 17.3 Å². The van der Waals surface area contributed by atoms with Crippen molar-refractivity contribution < 1.29 is 9.15 Å². The normalized spacial score (nSPS) is 12.5. The Bertz CT molecular complexity index is 943. The zero-order valence-electron chi connectivity index (χ0n) is 14.3. The van der Waals surface area contributed by atoms with E-state index in [1.807, 2.05) is 72.8 Å². The number of alkyl halides is 3. The maximum Gasteiger partial charge on any atom is 0.268 e. The molecule has 0 saturated carbocycles. The number of hydrogen-bond donors (Lipinski definition) is 0. The first-order valence-electron chi connectivity index (χ1n) is 7.96. The predicted octanol–water partition coefficient (Wildman–Crippen LogP) is 6.05. The molecule has 0 aliphatic rings. The molecule has 1 heterocycles. The third kappa shape index (κ3) is 5.13. The SMILES string of the molecule is COc1ccc(/C=C/C=C(/c2ccccc2)c2nnc(C(Cl)(Cl)Cl)o2)cc1. The lowest BCUT2D eigenvalue weighted by molar-refractivity contribution is 0.415. The van der Waals surface area contributed by atoms with Crippen molar-refractivity contribution in [1.82, 2.24) is 10.2 Å². The molecule has 0 fully saturated rings. The molecule has 0 N–H and O–H groups in total. The van der Waals surface area contributed by atoms with Crippen LogP contribution in [0.25, 0.3) is 11.6 Å². The molecule has 7 heteroatoms. The number of aromatic nitrogens is 2. The molecule has 3 aromatic rings. The first-order chi connectivity index (χ1) is 13.0. The predicted molar refractivity (Wildman–Crippen MR) is 109 cm³/mol. The van der Waals surface area contributed by atoms with Crippen molar-refractivity contribution >= 4 is 46.5 Å². The lowest BCUT2D eigenvalue weighted by atomic mass is 10.1. The molecule has 0 radical (unpaired) electrons. The van der Waals surface area contributed by atoms with Gasteiger partial charge in [-0.15, -0.1) is 10.2 Å². The number of halogens is 3. The maximum absolute atomic E-state index is 5.82. The highest BCUT2D eigenvalue weighted by molar-refractivity contribution is 6.66. The summed E-state index contributed by atoms with van der Waals surface area (Å²) in [6.07, 6.45) is 5.72. The van der Waals surface area contributed by atoms with Crippen LogP contribution in [0.2, 0.25) is 0 Å². The highest BCUT2D eigenvalue weighted by Crippen LogP contribution is 2.38. The second-order valence-electron chi connectivity index (χ2n) is 5.49. The van der Waals surface area contributed by atoms with E-state index >= 15 is 0 Å². The van der Waals surface area contributed by atoms with E-state index in [4.69, 9.17) is 44.0 Å². The highest BCUT2D eigenvalue weighted by atomic mass is 35.6. The Morgan fingerprint density at radius 1 is 1.00 bits per heavy atom. The minimum Gasteiger partial charge on any atom is -0.497 e. The van der Waals surface area contributed by atoms with Crippen LogP contribution in [0, 0.1) is 0 Å². The van der Waals surface area contributed by atoms with Crippen molar-refractivity contribution in [3.8, 4) is 5.75 Å². The number of hydrogen-bond acceptors (Lipinski definition) is 4. The van der Waals surface area contributed by atoms with Gasteiger partial charge in [0.2, 0.25) is 5.89 Å². The second kappa shape index (κ2) is 8.61. The van der Waals surface area contributed by atoms with Gasteiger partial charge in [0.15, 0.2) is 0 Å². The van der Waals surface area contributed by atoms with E-state index < -0.39 is 3.79 Å². The van der Waals surface area contributed by atoms with E-state index in [1.165, 1.54) is 0 Å². The van der Waals surface area contributed by atoms with Gasteiger partial charge < -0.3 is 9.15 Å². The van der Waals surface area contributed by atoms with Gasteiger partial charge in [0.05, 0.1) is 7.11 Å². The summed E-state index contributed by atoms with van der Waals surface area (Å²) in [6, 6.07) is 17.3. The number of ether oxygens (including phenoxy) is 1. The Morgan fingerprint density at radius 3 is 2.30 bits per heavy atom. The molecule has 1 aromatic heterocycles. The third-order valence-electron chi connectivity index (χ3n) is 3.65. The summed E-state index contributed by atoms with van der Waals surface area (Å²) in [4.78, 5) is 0. The topological polar surface area (TPSA) is 48.2 Å².